The van der Waals surface area contributed by atoms with Crippen molar-refractivity contribution >= 4 is 15.7 Å². The topological polar surface area (TPSA) is 58.2 Å². The van der Waals surface area contributed by atoms with Gasteiger partial charge in [-0.05, 0) is 56.0 Å². The van der Waals surface area contributed by atoms with E-state index in [-0.39, 0.29) is 11.2 Å². The molecule has 0 radical (unpaired) electrons. The highest BCUT2D eigenvalue weighted by molar-refractivity contribution is 7.92. The summed E-state index contributed by atoms with van der Waals surface area (Å²) in [6.07, 6.45) is 1.12. The number of benzene rings is 1. The molecule has 2 atom stereocenters. The Morgan fingerprint density at radius 3 is 2.60 bits per heavy atom. The van der Waals surface area contributed by atoms with Gasteiger partial charge in [-0.25, -0.2) is 8.42 Å². The Morgan fingerprint density at radius 1 is 1.30 bits per heavy atom. The van der Waals surface area contributed by atoms with Crippen LogP contribution in [-0.2, 0) is 15.4 Å². The standard InChI is InChI=1S/C15H22N2O2S/c1-3-15(13-9-16-10-14(13)15)11-6-5-7-12(8-11)17-20(18,19)4-2/h5-8,13-14,16-17H,3-4,9-10H2,1-2H3. The summed E-state index contributed by atoms with van der Waals surface area (Å²) < 4.78 is 26.0. The number of sulfonamides is 1. The average Bonchev–Trinajstić information content (AvgIpc) is 2.80. The normalized spacial score (nSPS) is 31.9. The Kier molecular flexibility index (Phi) is 3.29. The summed E-state index contributed by atoms with van der Waals surface area (Å²) in [7, 11) is -3.20. The Labute approximate surface area is 121 Å². The van der Waals surface area contributed by atoms with Crippen molar-refractivity contribution in [3.8, 4) is 0 Å². The van der Waals surface area contributed by atoms with Crippen LogP contribution in [0.1, 0.15) is 25.8 Å². The summed E-state index contributed by atoms with van der Waals surface area (Å²) in [5.74, 6) is 1.53. The minimum absolute atomic E-state index is 0.102. The first-order valence-corrected chi connectivity index (χ1v) is 9.00. The van der Waals surface area contributed by atoms with E-state index < -0.39 is 10.0 Å². The van der Waals surface area contributed by atoms with Crippen molar-refractivity contribution in [3.05, 3.63) is 29.8 Å². The minimum atomic E-state index is -3.20. The Balaban J connectivity index is 1.89. The molecule has 0 aromatic heterocycles. The molecule has 0 spiro atoms. The van der Waals surface area contributed by atoms with E-state index in [2.05, 4.69) is 23.0 Å². The summed E-state index contributed by atoms with van der Waals surface area (Å²) in [4.78, 5) is 0. The third kappa shape index (κ3) is 2.04. The van der Waals surface area contributed by atoms with Crippen molar-refractivity contribution in [2.24, 2.45) is 11.8 Å². The molecule has 110 valence electrons. The van der Waals surface area contributed by atoms with Crippen LogP contribution in [0.15, 0.2) is 24.3 Å². The molecule has 3 rings (SSSR count). The summed E-state index contributed by atoms with van der Waals surface area (Å²) >= 11 is 0. The van der Waals surface area contributed by atoms with Crippen molar-refractivity contribution in [3.63, 3.8) is 0 Å². The number of anilines is 1. The van der Waals surface area contributed by atoms with Gasteiger partial charge in [0.15, 0.2) is 0 Å². The molecule has 2 aliphatic rings. The Bertz CT molecular complexity index is 602. The molecule has 20 heavy (non-hydrogen) atoms. The van der Waals surface area contributed by atoms with Gasteiger partial charge in [-0.1, -0.05) is 19.1 Å². The first-order valence-electron chi connectivity index (χ1n) is 7.35. The third-order valence-electron chi connectivity index (χ3n) is 5.07. The largest absolute Gasteiger partial charge is 0.316 e. The van der Waals surface area contributed by atoms with Gasteiger partial charge in [0.05, 0.1) is 5.75 Å². The SMILES string of the molecule is CCC1(c2cccc(NS(=O)(=O)CC)c2)C2CNCC21. The lowest BCUT2D eigenvalue weighted by Crippen LogP contribution is -2.25. The zero-order valence-electron chi connectivity index (χ0n) is 12.0. The van der Waals surface area contributed by atoms with Gasteiger partial charge in [0.25, 0.3) is 0 Å². The molecule has 1 aromatic rings. The molecule has 1 saturated heterocycles. The molecule has 5 heteroatoms. The number of fused-ring (bicyclic) bond motifs is 1. The van der Waals surface area contributed by atoms with E-state index in [0.29, 0.717) is 17.5 Å². The molecule has 0 bridgehead atoms. The van der Waals surface area contributed by atoms with E-state index in [4.69, 9.17) is 0 Å². The second-order valence-corrected chi connectivity index (χ2v) is 7.86. The van der Waals surface area contributed by atoms with E-state index in [9.17, 15) is 8.42 Å². The van der Waals surface area contributed by atoms with Crippen LogP contribution >= 0.6 is 0 Å². The first kappa shape index (κ1) is 13.9. The van der Waals surface area contributed by atoms with Gasteiger partial charge in [-0.3, -0.25) is 4.72 Å². The Hall–Kier alpha value is -1.07. The molecular weight excluding hydrogens is 272 g/mol. The minimum Gasteiger partial charge on any atom is -0.316 e. The van der Waals surface area contributed by atoms with Gasteiger partial charge in [0.2, 0.25) is 10.0 Å². The van der Waals surface area contributed by atoms with Crippen LogP contribution in [0, 0.1) is 11.8 Å². The average molecular weight is 294 g/mol. The monoisotopic (exact) mass is 294 g/mol. The molecule has 1 aliphatic carbocycles. The second-order valence-electron chi connectivity index (χ2n) is 5.85. The number of hydrogen-bond acceptors (Lipinski definition) is 3. The Morgan fingerprint density at radius 2 is 2.00 bits per heavy atom. The molecule has 1 heterocycles. The first-order chi connectivity index (χ1) is 9.53. The maximum atomic E-state index is 11.7. The quantitative estimate of drug-likeness (QED) is 0.872. The zero-order valence-corrected chi connectivity index (χ0v) is 12.8. The zero-order chi connectivity index (χ0) is 14.4. The van der Waals surface area contributed by atoms with E-state index in [0.717, 1.165) is 19.5 Å². The molecule has 1 aliphatic heterocycles. The lowest BCUT2D eigenvalue weighted by molar-refractivity contribution is 0.502. The third-order valence-corrected chi connectivity index (χ3v) is 6.37. The van der Waals surface area contributed by atoms with Gasteiger partial charge >= 0.3 is 0 Å². The highest BCUT2D eigenvalue weighted by Crippen LogP contribution is 2.63. The number of piperidine rings is 1. The van der Waals surface area contributed by atoms with Crippen molar-refractivity contribution in [2.75, 3.05) is 23.6 Å². The lowest BCUT2D eigenvalue weighted by Gasteiger charge is -2.21. The number of hydrogen-bond donors (Lipinski definition) is 2. The summed E-state index contributed by atoms with van der Waals surface area (Å²) in [5.41, 5.74) is 2.24. The van der Waals surface area contributed by atoms with Crippen LogP contribution in [0.4, 0.5) is 5.69 Å². The fourth-order valence-electron chi connectivity index (χ4n) is 3.93. The molecule has 0 amide bonds. The molecule has 2 fully saturated rings. The molecule has 1 aromatic carbocycles. The van der Waals surface area contributed by atoms with Crippen LogP contribution in [0.5, 0.6) is 0 Å². The van der Waals surface area contributed by atoms with E-state index in [1.165, 1.54) is 5.56 Å². The molecule has 1 saturated carbocycles. The predicted molar refractivity (Wildman–Crippen MR) is 81.3 cm³/mol. The molecule has 4 nitrogen and oxygen atoms in total. The summed E-state index contributed by atoms with van der Waals surface area (Å²) in [6, 6.07) is 7.96. The van der Waals surface area contributed by atoms with Crippen LogP contribution in [0.25, 0.3) is 0 Å². The molecule has 2 N–H and O–H groups in total. The van der Waals surface area contributed by atoms with Gasteiger partial charge < -0.3 is 5.32 Å². The van der Waals surface area contributed by atoms with E-state index in [1.807, 2.05) is 18.2 Å². The summed E-state index contributed by atoms with van der Waals surface area (Å²) in [5, 5.41) is 3.43. The van der Waals surface area contributed by atoms with Crippen molar-refractivity contribution < 1.29 is 8.42 Å². The van der Waals surface area contributed by atoms with Crippen LogP contribution in [-0.4, -0.2) is 27.3 Å². The van der Waals surface area contributed by atoms with Crippen molar-refractivity contribution in [1.82, 2.24) is 5.32 Å². The number of nitrogens with one attached hydrogen (secondary N) is 2. The van der Waals surface area contributed by atoms with Crippen LogP contribution in [0.3, 0.4) is 0 Å². The van der Waals surface area contributed by atoms with E-state index >= 15 is 0 Å². The van der Waals surface area contributed by atoms with Gasteiger partial charge in [-0.15, -0.1) is 0 Å². The van der Waals surface area contributed by atoms with Gasteiger partial charge in [0, 0.05) is 11.1 Å². The van der Waals surface area contributed by atoms with Crippen LogP contribution in [0.2, 0.25) is 0 Å². The second kappa shape index (κ2) is 4.74. The van der Waals surface area contributed by atoms with Crippen LogP contribution < -0.4 is 10.0 Å². The van der Waals surface area contributed by atoms with Crippen molar-refractivity contribution in [2.45, 2.75) is 25.7 Å². The fraction of sp³-hybridized carbons (Fsp3) is 0.600. The molecule has 2 unspecified atom stereocenters. The predicted octanol–water partition coefficient (Wildman–Crippen LogP) is 1.95. The van der Waals surface area contributed by atoms with Gasteiger partial charge in [0.1, 0.15) is 0 Å². The maximum absolute atomic E-state index is 11.7. The lowest BCUT2D eigenvalue weighted by atomic mass is 9.87. The van der Waals surface area contributed by atoms with E-state index in [1.54, 1.807) is 6.92 Å². The van der Waals surface area contributed by atoms with Crippen molar-refractivity contribution in [1.29, 1.82) is 0 Å². The number of rotatable bonds is 5. The summed E-state index contributed by atoms with van der Waals surface area (Å²) in [6.45, 7) is 6.06. The maximum Gasteiger partial charge on any atom is 0.232 e. The smallest absolute Gasteiger partial charge is 0.232 e. The highest BCUT2D eigenvalue weighted by Gasteiger charge is 2.65. The fourth-order valence-corrected chi connectivity index (χ4v) is 4.56. The molecular formula is C15H22N2O2S. The highest BCUT2D eigenvalue weighted by atomic mass is 32.2. The van der Waals surface area contributed by atoms with Gasteiger partial charge in [-0.2, -0.15) is 0 Å².